The maximum atomic E-state index is 12.3. The average Bonchev–Trinajstić information content (AvgIpc) is 3.02. The molecule has 1 N–H and O–H groups in total. The molecule has 1 amide bonds. The number of amides is 1. The van der Waals surface area contributed by atoms with Gasteiger partial charge < -0.3 is 15.1 Å². The predicted molar refractivity (Wildman–Crippen MR) is 79.1 cm³/mol. The van der Waals surface area contributed by atoms with Gasteiger partial charge in [-0.2, -0.15) is 0 Å². The Morgan fingerprint density at radius 1 is 1.30 bits per heavy atom. The van der Waals surface area contributed by atoms with Gasteiger partial charge in [0, 0.05) is 32.4 Å². The molecule has 0 spiro atoms. The van der Waals surface area contributed by atoms with Gasteiger partial charge in [-0.15, -0.1) is 0 Å². The van der Waals surface area contributed by atoms with Gasteiger partial charge in [-0.05, 0) is 31.5 Å². The summed E-state index contributed by atoms with van der Waals surface area (Å²) < 4.78 is 0. The smallest absolute Gasteiger partial charge is 0.239 e. The van der Waals surface area contributed by atoms with Crippen molar-refractivity contribution in [2.24, 2.45) is 0 Å². The number of carbonyl (C=O) groups is 1. The molecule has 0 radical (unpaired) electrons. The second-order valence-corrected chi connectivity index (χ2v) is 5.73. The maximum absolute atomic E-state index is 12.3. The number of aromatic nitrogens is 1. The Morgan fingerprint density at radius 3 is 2.70 bits per heavy atom. The number of piperazine rings is 1. The minimum Gasteiger partial charge on any atom is -0.353 e. The number of rotatable bonds is 2. The van der Waals surface area contributed by atoms with Gasteiger partial charge >= 0.3 is 0 Å². The first-order valence-corrected chi connectivity index (χ1v) is 7.50. The molecule has 1 atom stereocenters. The molecule has 0 aliphatic carbocycles. The zero-order chi connectivity index (χ0) is 13.9. The van der Waals surface area contributed by atoms with E-state index in [1.807, 2.05) is 17.0 Å². The first-order chi connectivity index (χ1) is 9.74. The predicted octanol–water partition coefficient (Wildman–Crippen LogP) is 1.14. The van der Waals surface area contributed by atoms with Crippen molar-refractivity contribution in [3.05, 3.63) is 23.4 Å². The minimum atomic E-state index is 0.0372. The molecule has 1 unspecified atom stereocenters. The molecule has 0 saturated carbocycles. The van der Waals surface area contributed by atoms with Gasteiger partial charge in [-0.3, -0.25) is 4.79 Å². The largest absolute Gasteiger partial charge is 0.353 e. The number of nitrogens with zero attached hydrogens (tertiary/aromatic N) is 3. The van der Waals surface area contributed by atoms with Crippen LogP contribution in [-0.4, -0.2) is 54.6 Å². The Kier molecular flexibility index (Phi) is 4.08. The van der Waals surface area contributed by atoms with E-state index < -0.39 is 0 Å². The van der Waals surface area contributed by atoms with E-state index in [9.17, 15) is 4.79 Å². The standard InChI is InChI=1S/C14H19ClN4O/c15-11-3-4-13(17-10-11)18-6-8-19(9-7-18)14(20)12-2-1-5-16-12/h3-4,10,12,16H,1-2,5-9H2. The lowest BCUT2D eigenvalue weighted by Crippen LogP contribution is -2.53. The number of hydrogen-bond donors (Lipinski definition) is 1. The summed E-state index contributed by atoms with van der Waals surface area (Å²) >= 11 is 5.85. The first kappa shape index (κ1) is 13.6. The fourth-order valence-electron chi connectivity index (χ4n) is 2.83. The Morgan fingerprint density at radius 2 is 2.10 bits per heavy atom. The van der Waals surface area contributed by atoms with Crippen molar-refractivity contribution in [2.75, 3.05) is 37.6 Å². The third kappa shape index (κ3) is 2.88. The molecule has 20 heavy (non-hydrogen) atoms. The third-order valence-corrected chi connectivity index (χ3v) is 4.21. The van der Waals surface area contributed by atoms with Crippen molar-refractivity contribution in [1.82, 2.24) is 15.2 Å². The molecule has 2 aliphatic rings. The topological polar surface area (TPSA) is 48.5 Å². The van der Waals surface area contributed by atoms with Gasteiger partial charge in [0.2, 0.25) is 5.91 Å². The Balaban J connectivity index is 1.56. The van der Waals surface area contributed by atoms with E-state index in [1.54, 1.807) is 6.20 Å². The molecule has 6 heteroatoms. The van der Waals surface area contributed by atoms with Crippen LogP contribution < -0.4 is 10.2 Å². The molecule has 2 saturated heterocycles. The van der Waals surface area contributed by atoms with Crippen molar-refractivity contribution in [1.29, 1.82) is 0 Å². The van der Waals surface area contributed by atoms with Crippen molar-refractivity contribution in [2.45, 2.75) is 18.9 Å². The number of halogens is 1. The van der Waals surface area contributed by atoms with E-state index in [-0.39, 0.29) is 11.9 Å². The highest BCUT2D eigenvalue weighted by Crippen LogP contribution is 2.17. The molecular weight excluding hydrogens is 276 g/mol. The van der Waals surface area contributed by atoms with Crippen LogP contribution in [0, 0.1) is 0 Å². The summed E-state index contributed by atoms with van der Waals surface area (Å²) in [7, 11) is 0. The van der Waals surface area contributed by atoms with Crippen molar-refractivity contribution in [3.8, 4) is 0 Å². The van der Waals surface area contributed by atoms with Gasteiger partial charge in [-0.25, -0.2) is 4.98 Å². The summed E-state index contributed by atoms with van der Waals surface area (Å²) in [5.41, 5.74) is 0. The Hall–Kier alpha value is -1.33. The lowest BCUT2D eigenvalue weighted by Gasteiger charge is -2.36. The summed E-state index contributed by atoms with van der Waals surface area (Å²) in [6, 6.07) is 3.82. The molecule has 108 valence electrons. The van der Waals surface area contributed by atoms with Gasteiger partial charge in [-0.1, -0.05) is 11.6 Å². The van der Waals surface area contributed by atoms with Crippen LogP contribution in [0.3, 0.4) is 0 Å². The number of pyridine rings is 1. The van der Waals surface area contributed by atoms with Crippen molar-refractivity contribution in [3.63, 3.8) is 0 Å². The van der Waals surface area contributed by atoms with E-state index in [2.05, 4.69) is 15.2 Å². The fraction of sp³-hybridized carbons (Fsp3) is 0.571. The van der Waals surface area contributed by atoms with Crippen LogP contribution in [0.5, 0.6) is 0 Å². The number of carbonyl (C=O) groups excluding carboxylic acids is 1. The summed E-state index contributed by atoms with van der Waals surface area (Å²) in [5.74, 6) is 1.19. The highest BCUT2D eigenvalue weighted by molar-refractivity contribution is 6.30. The molecule has 5 nitrogen and oxygen atoms in total. The number of nitrogens with one attached hydrogen (secondary N) is 1. The quantitative estimate of drug-likeness (QED) is 0.888. The van der Waals surface area contributed by atoms with Crippen LogP contribution in [0.4, 0.5) is 5.82 Å². The SMILES string of the molecule is O=C(C1CCCN1)N1CCN(c2ccc(Cl)cn2)CC1. The van der Waals surface area contributed by atoms with Crippen LogP contribution in [0.25, 0.3) is 0 Å². The van der Waals surface area contributed by atoms with Crippen LogP contribution in [0.2, 0.25) is 5.02 Å². The normalized spacial score (nSPS) is 23.1. The zero-order valence-corrected chi connectivity index (χ0v) is 12.1. The van der Waals surface area contributed by atoms with E-state index in [1.165, 1.54) is 0 Å². The third-order valence-electron chi connectivity index (χ3n) is 3.99. The monoisotopic (exact) mass is 294 g/mol. The molecule has 2 aliphatic heterocycles. The molecule has 0 aromatic carbocycles. The molecule has 2 fully saturated rings. The van der Waals surface area contributed by atoms with Gasteiger partial charge in [0.05, 0.1) is 11.1 Å². The maximum Gasteiger partial charge on any atom is 0.239 e. The summed E-state index contributed by atoms with van der Waals surface area (Å²) in [6.07, 6.45) is 3.74. The summed E-state index contributed by atoms with van der Waals surface area (Å²) in [4.78, 5) is 20.8. The molecular formula is C14H19ClN4O. The van der Waals surface area contributed by atoms with Crippen molar-refractivity contribution >= 4 is 23.3 Å². The molecule has 1 aromatic rings. The molecule has 3 rings (SSSR count). The Labute approximate surface area is 123 Å². The average molecular weight is 295 g/mol. The minimum absolute atomic E-state index is 0.0372. The molecule has 1 aromatic heterocycles. The highest BCUT2D eigenvalue weighted by atomic mass is 35.5. The lowest BCUT2D eigenvalue weighted by molar-refractivity contribution is -0.133. The second-order valence-electron chi connectivity index (χ2n) is 5.30. The van der Waals surface area contributed by atoms with Crippen molar-refractivity contribution < 1.29 is 4.79 Å². The second kappa shape index (κ2) is 5.97. The van der Waals surface area contributed by atoms with E-state index in [0.717, 1.165) is 51.4 Å². The Bertz CT molecular complexity index is 465. The zero-order valence-electron chi connectivity index (χ0n) is 11.4. The summed E-state index contributed by atoms with van der Waals surface area (Å²) in [6.45, 7) is 4.15. The highest BCUT2D eigenvalue weighted by Gasteiger charge is 2.29. The van der Waals surface area contributed by atoms with E-state index >= 15 is 0 Å². The van der Waals surface area contributed by atoms with Crippen LogP contribution in [0.15, 0.2) is 18.3 Å². The van der Waals surface area contributed by atoms with Gasteiger partial charge in [0.1, 0.15) is 5.82 Å². The lowest BCUT2D eigenvalue weighted by atomic mass is 10.2. The first-order valence-electron chi connectivity index (χ1n) is 7.13. The molecule has 0 bridgehead atoms. The van der Waals surface area contributed by atoms with Gasteiger partial charge in [0.25, 0.3) is 0 Å². The number of anilines is 1. The van der Waals surface area contributed by atoms with E-state index in [4.69, 9.17) is 11.6 Å². The van der Waals surface area contributed by atoms with Crippen LogP contribution >= 0.6 is 11.6 Å². The van der Waals surface area contributed by atoms with Crippen LogP contribution in [-0.2, 0) is 4.79 Å². The fourth-order valence-corrected chi connectivity index (χ4v) is 2.94. The van der Waals surface area contributed by atoms with E-state index in [0.29, 0.717) is 5.02 Å². The number of hydrogen-bond acceptors (Lipinski definition) is 4. The van der Waals surface area contributed by atoms with Gasteiger partial charge in [0.15, 0.2) is 0 Å². The van der Waals surface area contributed by atoms with Crippen LogP contribution in [0.1, 0.15) is 12.8 Å². The molecule has 3 heterocycles. The summed E-state index contributed by atoms with van der Waals surface area (Å²) in [5, 5.41) is 3.92.